The van der Waals surface area contributed by atoms with Gasteiger partial charge in [-0.15, -0.1) is 0 Å². The molecule has 7 rings (SSSR count). The summed E-state index contributed by atoms with van der Waals surface area (Å²) < 4.78 is 46.0. The number of aromatic hydroxyl groups is 1. The summed E-state index contributed by atoms with van der Waals surface area (Å²) in [6, 6.07) is 10.2. The minimum atomic E-state index is -4.75. The molecule has 272 valence electrons. The first-order valence-electron chi connectivity index (χ1n) is 16.4. The monoisotopic (exact) mass is 820 g/mol. The number of benzene rings is 2. The van der Waals surface area contributed by atoms with Crippen molar-refractivity contribution in [3.63, 3.8) is 0 Å². The minimum absolute atomic E-state index is 0.0155. The number of phenolic OH excluding ortho intramolecular Hbond substituents is 1. The molecule has 4 amide bonds. The third-order valence-electron chi connectivity index (χ3n) is 10.7. The van der Waals surface area contributed by atoms with Crippen molar-refractivity contribution < 1.29 is 42.2 Å². The highest BCUT2D eigenvalue weighted by atomic mass is 79.9. The van der Waals surface area contributed by atoms with Crippen LogP contribution in [0.25, 0.3) is 0 Å². The molecule has 0 spiro atoms. The number of anilines is 1. The lowest BCUT2D eigenvalue weighted by molar-refractivity contribution is -0.141. The second kappa shape index (κ2) is 13.1. The van der Waals surface area contributed by atoms with Crippen molar-refractivity contribution in [2.45, 2.75) is 43.7 Å². The number of allylic oxidation sites excluding steroid dienone is 2. The van der Waals surface area contributed by atoms with E-state index in [4.69, 9.17) is 27.9 Å². The largest absolute Gasteiger partial charge is 0.503 e. The molecular weight excluding hydrogens is 792 g/mol. The summed E-state index contributed by atoms with van der Waals surface area (Å²) in [4.78, 5) is 62.7. The number of ether oxygens (including phenoxy) is 1. The molecule has 2 saturated heterocycles. The average molecular weight is 822 g/mol. The van der Waals surface area contributed by atoms with Crippen LogP contribution in [-0.4, -0.2) is 57.3 Å². The number of phenols is 1. The zero-order valence-corrected chi connectivity index (χ0v) is 30.6. The Labute approximate surface area is 314 Å². The van der Waals surface area contributed by atoms with Crippen LogP contribution in [0.1, 0.15) is 48.8 Å². The smallest absolute Gasteiger partial charge is 0.417 e. The number of carbonyl (C=O) groups excluding carboxylic acids is 4. The number of fused-ring (bicyclic) bond motifs is 4. The maximum absolute atomic E-state index is 15.3. The number of likely N-dealkylation sites (tertiary alicyclic amines) is 1. The number of hydrogen-bond donors (Lipinski definition) is 2. The van der Waals surface area contributed by atoms with E-state index in [1.165, 1.54) is 12.0 Å². The SMILES string of the molecule is CCCN1C(=O)[C@H]2[C@H](CC=C3[C@H]2C[C@H]2C(=O)N(Nc4ncc(C(F)(F)F)cc4Cl)C(=O)[C@@]2(c2ccc(Cl)cc2)[C@H]3c2cc(Br)c(O)c(OC)c2)C1=O. The molecule has 2 aromatic carbocycles. The highest BCUT2D eigenvalue weighted by Gasteiger charge is 2.70. The Bertz CT molecular complexity index is 2060. The van der Waals surface area contributed by atoms with Crippen LogP contribution in [0, 0.1) is 23.7 Å². The second-order valence-corrected chi connectivity index (χ2v) is 15.0. The van der Waals surface area contributed by atoms with Crippen molar-refractivity contribution in [3.8, 4) is 11.5 Å². The molecule has 4 aliphatic rings. The van der Waals surface area contributed by atoms with Gasteiger partial charge in [0, 0.05) is 23.7 Å². The van der Waals surface area contributed by atoms with Gasteiger partial charge in [0.15, 0.2) is 17.3 Å². The van der Waals surface area contributed by atoms with Gasteiger partial charge < -0.3 is 9.84 Å². The third-order valence-corrected chi connectivity index (χ3v) is 11.8. The summed E-state index contributed by atoms with van der Waals surface area (Å²) >= 11 is 15.9. The van der Waals surface area contributed by atoms with E-state index >= 15 is 4.79 Å². The fraction of sp³-hybridized carbons (Fsp3) is 0.361. The Morgan fingerprint density at radius 2 is 1.77 bits per heavy atom. The van der Waals surface area contributed by atoms with Crippen LogP contribution in [-0.2, 0) is 30.8 Å². The van der Waals surface area contributed by atoms with E-state index in [0.717, 1.165) is 5.01 Å². The van der Waals surface area contributed by atoms with Gasteiger partial charge in [0.05, 0.1) is 45.3 Å². The lowest BCUT2D eigenvalue weighted by Crippen LogP contribution is -2.53. The van der Waals surface area contributed by atoms with Crippen LogP contribution >= 0.6 is 39.1 Å². The molecule has 0 radical (unpaired) electrons. The maximum Gasteiger partial charge on any atom is 0.417 e. The first kappa shape index (κ1) is 36.2. The van der Waals surface area contributed by atoms with E-state index in [0.29, 0.717) is 40.4 Å². The summed E-state index contributed by atoms with van der Waals surface area (Å²) in [5, 5.41) is 11.4. The van der Waals surface area contributed by atoms with E-state index in [1.807, 2.05) is 13.0 Å². The molecule has 52 heavy (non-hydrogen) atoms. The number of pyridine rings is 1. The molecule has 3 fully saturated rings. The number of aromatic nitrogens is 1. The topological polar surface area (TPSA) is 129 Å². The first-order chi connectivity index (χ1) is 24.6. The Balaban J connectivity index is 1.46. The van der Waals surface area contributed by atoms with Gasteiger partial charge in [-0.3, -0.25) is 29.5 Å². The zero-order valence-electron chi connectivity index (χ0n) is 27.5. The molecule has 3 heterocycles. The number of nitrogens with one attached hydrogen (secondary N) is 1. The number of imide groups is 2. The summed E-state index contributed by atoms with van der Waals surface area (Å²) in [7, 11) is 1.36. The third kappa shape index (κ3) is 5.39. The molecule has 1 aromatic heterocycles. The minimum Gasteiger partial charge on any atom is -0.503 e. The molecule has 16 heteroatoms. The van der Waals surface area contributed by atoms with Gasteiger partial charge in [-0.2, -0.15) is 18.2 Å². The van der Waals surface area contributed by atoms with E-state index in [2.05, 4.69) is 26.3 Å². The fourth-order valence-corrected chi connectivity index (χ4v) is 9.38. The first-order valence-corrected chi connectivity index (χ1v) is 17.9. The van der Waals surface area contributed by atoms with Crippen molar-refractivity contribution in [2.75, 3.05) is 19.1 Å². The lowest BCUT2D eigenvalue weighted by atomic mass is 9.49. The average Bonchev–Trinajstić information content (AvgIpc) is 3.47. The molecule has 6 atom stereocenters. The van der Waals surface area contributed by atoms with Crippen LogP contribution in [0.15, 0.2) is 64.8 Å². The molecule has 3 aromatic rings. The van der Waals surface area contributed by atoms with E-state index in [9.17, 15) is 32.7 Å². The molecule has 2 N–H and O–H groups in total. The number of amides is 4. The van der Waals surface area contributed by atoms with E-state index < -0.39 is 63.6 Å². The Hall–Kier alpha value is -4.14. The number of alkyl halides is 3. The number of rotatable bonds is 7. The van der Waals surface area contributed by atoms with Crippen molar-refractivity contribution in [2.24, 2.45) is 23.7 Å². The predicted molar refractivity (Wildman–Crippen MR) is 186 cm³/mol. The highest BCUT2D eigenvalue weighted by molar-refractivity contribution is 9.10. The fourth-order valence-electron chi connectivity index (χ4n) is 8.58. The molecule has 0 bridgehead atoms. The normalized spacial score (nSPS) is 27.0. The van der Waals surface area contributed by atoms with Gasteiger partial charge in [0.1, 0.15) is 0 Å². The van der Waals surface area contributed by atoms with Gasteiger partial charge in [-0.25, -0.2) is 4.98 Å². The highest BCUT2D eigenvalue weighted by Crippen LogP contribution is 2.64. The molecule has 0 unspecified atom stereocenters. The van der Waals surface area contributed by atoms with Gasteiger partial charge in [-0.05, 0) is 82.6 Å². The molecule has 2 aliphatic heterocycles. The van der Waals surface area contributed by atoms with E-state index in [1.54, 1.807) is 36.4 Å². The summed E-state index contributed by atoms with van der Waals surface area (Å²) in [6.45, 7) is 2.11. The Morgan fingerprint density at radius 1 is 1.06 bits per heavy atom. The summed E-state index contributed by atoms with van der Waals surface area (Å²) in [5.41, 5.74) is 1.24. The summed E-state index contributed by atoms with van der Waals surface area (Å²) in [5.74, 6) is -6.91. The van der Waals surface area contributed by atoms with Crippen molar-refractivity contribution in [1.82, 2.24) is 14.9 Å². The molecule has 10 nitrogen and oxygen atoms in total. The van der Waals surface area contributed by atoms with Gasteiger partial charge >= 0.3 is 6.18 Å². The predicted octanol–water partition coefficient (Wildman–Crippen LogP) is 7.28. The standard InChI is InChI=1S/C36H30BrCl2F3N4O6/c1-3-10-45-31(48)21-9-8-20-22(27(21)33(45)50)14-23-32(49)46(44-30-25(39)13-18(15-43-30)36(40,41)42)34(51)35(23,17-4-6-19(38)7-5-17)28(20)16-11-24(37)29(47)26(12-16)52-2/h4-8,11-13,15,21-23,27-28,47H,3,9-10,14H2,1-2H3,(H,43,44)/t21-,22+,23-,27-,28-,35+/m0/s1. The van der Waals surface area contributed by atoms with E-state index in [-0.39, 0.29) is 53.0 Å². The quantitative estimate of drug-likeness (QED) is 0.188. The van der Waals surface area contributed by atoms with Gasteiger partial charge in [0.2, 0.25) is 11.8 Å². The van der Waals surface area contributed by atoms with Crippen LogP contribution in [0.2, 0.25) is 10.0 Å². The Morgan fingerprint density at radius 3 is 2.40 bits per heavy atom. The number of methoxy groups -OCH3 is 1. The van der Waals surface area contributed by atoms with Crippen LogP contribution < -0.4 is 10.2 Å². The molecular formula is C36H30BrCl2F3N4O6. The van der Waals surface area contributed by atoms with Gasteiger partial charge in [-0.1, -0.05) is 53.9 Å². The molecule has 2 aliphatic carbocycles. The van der Waals surface area contributed by atoms with Crippen LogP contribution in [0.4, 0.5) is 19.0 Å². The number of halogens is 6. The summed E-state index contributed by atoms with van der Waals surface area (Å²) in [6.07, 6.45) is -1.58. The second-order valence-electron chi connectivity index (χ2n) is 13.3. The van der Waals surface area contributed by atoms with Crippen molar-refractivity contribution in [1.29, 1.82) is 0 Å². The number of carbonyl (C=O) groups is 4. The van der Waals surface area contributed by atoms with Crippen LogP contribution in [0.3, 0.4) is 0 Å². The number of hydrazine groups is 1. The van der Waals surface area contributed by atoms with Gasteiger partial charge in [0.25, 0.3) is 11.8 Å². The number of nitrogens with zero attached hydrogens (tertiary/aromatic N) is 3. The van der Waals surface area contributed by atoms with Crippen LogP contribution in [0.5, 0.6) is 11.5 Å². The molecule has 1 saturated carbocycles. The number of hydrogen-bond acceptors (Lipinski definition) is 8. The lowest BCUT2D eigenvalue weighted by Gasteiger charge is -2.50. The Kier molecular flexibility index (Phi) is 9.10. The maximum atomic E-state index is 15.3. The van der Waals surface area contributed by atoms with Crippen molar-refractivity contribution >= 4 is 68.6 Å². The van der Waals surface area contributed by atoms with Crippen molar-refractivity contribution in [3.05, 3.63) is 91.5 Å². The zero-order chi connectivity index (χ0) is 37.4.